The van der Waals surface area contributed by atoms with Crippen molar-refractivity contribution in [1.29, 1.82) is 0 Å². The van der Waals surface area contributed by atoms with E-state index < -0.39 is 10.0 Å². The normalized spacial score (nSPS) is 12.2. The molecule has 168 valence electrons. The maximum atomic E-state index is 12.5. The first kappa shape index (κ1) is 22.5. The van der Waals surface area contributed by atoms with Crippen molar-refractivity contribution in [1.82, 2.24) is 28.6 Å². The number of hydrogen-bond acceptors (Lipinski definition) is 6. The van der Waals surface area contributed by atoms with Gasteiger partial charge in [-0.2, -0.15) is 0 Å². The lowest BCUT2D eigenvalue weighted by molar-refractivity contribution is 0.521. The number of sulfonamides is 1. The molecule has 0 unspecified atom stereocenters. The van der Waals surface area contributed by atoms with Gasteiger partial charge >= 0.3 is 0 Å². The molecular weight excluding hydrogens is 444 g/mol. The molecule has 4 aromatic rings. The molecule has 10 heteroatoms. The minimum absolute atomic E-state index is 0.244. The van der Waals surface area contributed by atoms with Crippen molar-refractivity contribution >= 4 is 32.8 Å². The van der Waals surface area contributed by atoms with Crippen LogP contribution in [0.15, 0.2) is 58.6 Å². The highest BCUT2D eigenvalue weighted by Gasteiger charge is 2.20. The summed E-state index contributed by atoms with van der Waals surface area (Å²) >= 11 is 1.58. The van der Waals surface area contributed by atoms with Crippen molar-refractivity contribution in [3.8, 4) is 11.4 Å². The molecule has 0 bridgehead atoms. The summed E-state index contributed by atoms with van der Waals surface area (Å²) in [6.07, 6.45) is 0. The second-order valence-electron chi connectivity index (χ2n) is 7.42. The van der Waals surface area contributed by atoms with Gasteiger partial charge in [-0.1, -0.05) is 42.1 Å². The van der Waals surface area contributed by atoms with Gasteiger partial charge in [-0.15, -0.1) is 10.2 Å². The van der Waals surface area contributed by atoms with Gasteiger partial charge in [0, 0.05) is 32.7 Å². The van der Waals surface area contributed by atoms with Crippen molar-refractivity contribution in [3.05, 3.63) is 54.4 Å². The molecule has 0 aliphatic carbocycles. The molecular formula is C22H26N6O2S2. The van der Waals surface area contributed by atoms with Gasteiger partial charge in [0.2, 0.25) is 10.0 Å². The molecule has 0 atom stereocenters. The van der Waals surface area contributed by atoms with E-state index in [1.165, 1.54) is 18.4 Å². The van der Waals surface area contributed by atoms with Crippen LogP contribution < -0.4 is 0 Å². The lowest BCUT2D eigenvalue weighted by atomic mass is 10.2. The molecule has 0 radical (unpaired) electrons. The fourth-order valence-electron chi connectivity index (χ4n) is 3.60. The topological polar surface area (TPSA) is 85.9 Å². The number of imidazole rings is 1. The number of thioether (sulfide) groups is 1. The van der Waals surface area contributed by atoms with Crippen molar-refractivity contribution < 1.29 is 8.42 Å². The van der Waals surface area contributed by atoms with E-state index in [-0.39, 0.29) is 4.90 Å². The van der Waals surface area contributed by atoms with Crippen LogP contribution in [0, 0.1) is 0 Å². The van der Waals surface area contributed by atoms with Gasteiger partial charge in [0.15, 0.2) is 11.0 Å². The molecule has 0 fully saturated rings. The Hall–Kier alpha value is -2.69. The summed E-state index contributed by atoms with van der Waals surface area (Å²) in [6, 6.07) is 15.1. The number of rotatable bonds is 8. The molecule has 2 aromatic heterocycles. The quantitative estimate of drug-likeness (QED) is 0.363. The van der Waals surface area contributed by atoms with Gasteiger partial charge in [-0.05, 0) is 32.0 Å². The van der Waals surface area contributed by atoms with Crippen LogP contribution in [-0.2, 0) is 28.9 Å². The van der Waals surface area contributed by atoms with E-state index in [2.05, 4.69) is 33.2 Å². The van der Waals surface area contributed by atoms with Gasteiger partial charge in [0.05, 0.1) is 21.7 Å². The lowest BCUT2D eigenvalue weighted by Gasteiger charge is -2.11. The lowest BCUT2D eigenvalue weighted by Crippen LogP contribution is -2.22. The summed E-state index contributed by atoms with van der Waals surface area (Å²) in [5, 5.41) is 9.64. The zero-order valence-corrected chi connectivity index (χ0v) is 20.2. The van der Waals surface area contributed by atoms with Crippen LogP contribution in [0.25, 0.3) is 22.4 Å². The Kier molecular flexibility index (Phi) is 6.36. The Labute approximate surface area is 192 Å². The molecule has 8 nitrogen and oxygen atoms in total. The summed E-state index contributed by atoms with van der Waals surface area (Å²) in [5.74, 6) is 2.32. The fourth-order valence-corrected chi connectivity index (χ4v) is 5.47. The van der Waals surface area contributed by atoms with Gasteiger partial charge in [0.25, 0.3) is 0 Å². The van der Waals surface area contributed by atoms with Gasteiger partial charge in [-0.3, -0.25) is 0 Å². The van der Waals surface area contributed by atoms with Crippen molar-refractivity contribution in [2.45, 2.75) is 42.7 Å². The highest BCUT2D eigenvalue weighted by molar-refractivity contribution is 7.98. The summed E-state index contributed by atoms with van der Waals surface area (Å²) in [6.45, 7) is 5.63. The van der Waals surface area contributed by atoms with E-state index in [0.717, 1.165) is 41.0 Å². The summed E-state index contributed by atoms with van der Waals surface area (Å²) < 4.78 is 30.4. The number of nitrogens with zero attached hydrogens (tertiary/aromatic N) is 6. The Morgan fingerprint density at radius 3 is 2.34 bits per heavy atom. The second kappa shape index (κ2) is 9.05. The van der Waals surface area contributed by atoms with Gasteiger partial charge < -0.3 is 9.13 Å². The maximum absolute atomic E-state index is 12.5. The highest BCUT2D eigenvalue weighted by atomic mass is 32.2. The van der Waals surface area contributed by atoms with Crippen LogP contribution in [0.3, 0.4) is 0 Å². The third-order valence-corrected chi connectivity index (χ3v) is 8.06. The first-order valence-corrected chi connectivity index (χ1v) is 12.8. The summed E-state index contributed by atoms with van der Waals surface area (Å²) in [7, 11) is -0.454. The number of aryl methyl sites for hydroxylation is 1. The Morgan fingerprint density at radius 1 is 0.969 bits per heavy atom. The minimum atomic E-state index is -3.51. The predicted octanol–water partition coefficient (Wildman–Crippen LogP) is 3.88. The molecule has 2 aromatic carbocycles. The van der Waals surface area contributed by atoms with Crippen LogP contribution in [0.2, 0.25) is 0 Å². The van der Waals surface area contributed by atoms with Crippen molar-refractivity contribution in [2.75, 3.05) is 14.1 Å². The van der Waals surface area contributed by atoms with Crippen LogP contribution in [0.4, 0.5) is 0 Å². The van der Waals surface area contributed by atoms with Crippen LogP contribution in [0.5, 0.6) is 0 Å². The van der Waals surface area contributed by atoms with E-state index in [9.17, 15) is 8.42 Å². The molecule has 4 rings (SSSR count). The molecule has 2 heterocycles. The first-order chi connectivity index (χ1) is 15.4. The van der Waals surface area contributed by atoms with Crippen LogP contribution in [0.1, 0.15) is 19.7 Å². The first-order valence-electron chi connectivity index (χ1n) is 10.4. The SMILES string of the molecule is CCn1c(SCc2nc3cc(S(=O)(=O)N(C)C)ccc3n2CC)nnc1-c1ccccc1. The predicted molar refractivity (Wildman–Crippen MR) is 127 cm³/mol. The molecule has 0 spiro atoms. The summed E-state index contributed by atoms with van der Waals surface area (Å²) in [4.78, 5) is 5.00. The molecule has 0 saturated carbocycles. The standard InChI is InChI=1S/C22H26N6O2S2/c1-5-27-19-13-12-17(32(29,30)26(3)4)14-18(19)23-20(27)15-31-22-25-24-21(28(22)6-2)16-10-8-7-9-11-16/h7-14H,5-6,15H2,1-4H3. The molecule has 0 aliphatic rings. The van der Waals surface area contributed by atoms with Crippen LogP contribution >= 0.6 is 11.8 Å². The Bertz CT molecular complexity index is 1340. The zero-order chi connectivity index (χ0) is 22.9. The Balaban J connectivity index is 1.65. The second-order valence-corrected chi connectivity index (χ2v) is 10.5. The van der Waals surface area contributed by atoms with Crippen molar-refractivity contribution in [3.63, 3.8) is 0 Å². The van der Waals surface area contributed by atoms with Crippen molar-refractivity contribution in [2.24, 2.45) is 0 Å². The average Bonchev–Trinajstić information content (AvgIpc) is 3.37. The number of aromatic nitrogens is 5. The molecule has 0 saturated heterocycles. The third-order valence-electron chi connectivity index (χ3n) is 5.29. The molecule has 0 amide bonds. The largest absolute Gasteiger partial charge is 0.328 e. The van der Waals surface area contributed by atoms with E-state index in [1.807, 2.05) is 36.4 Å². The van der Waals surface area contributed by atoms with Gasteiger partial charge in [-0.25, -0.2) is 17.7 Å². The number of benzene rings is 2. The Morgan fingerprint density at radius 2 is 1.69 bits per heavy atom. The molecule has 32 heavy (non-hydrogen) atoms. The monoisotopic (exact) mass is 470 g/mol. The van der Waals surface area contributed by atoms with Crippen LogP contribution in [-0.4, -0.2) is 51.1 Å². The maximum Gasteiger partial charge on any atom is 0.242 e. The molecule has 0 N–H and O–H groups in total. The third kappa shape index (κ3) is 4.05. The van der Waals surface area contributed by atoms with E-state index in [1.54, 1.807) is 23.9 Å². The number of hydrogen-bond donors (Lipinski definition) is 0. The minimum Gasteiger partial charge on any atom is -0.328 e. The number of fused-ring (bicyclic) bond motifs is 1. The van der Waals surface area contributed by atoms with E-state index >= 15 is 0 Å². The van der Waals surface area contributed by atoms with E-state index in [4.69, 9.17) is 4.98 Å². The molecule has 0 aliphatic heterocycles. The van der Waals surface area contributed by atoms with Gasteiger partial charge in [0.1, 0.15) is 5.82 Å². The fraction of sp³-hybridized carbons (Fsp3) is 0.318. The zero-order valence-electron chi connectivity index (χ0n) is 18.6. The smallest absolute Gasteiger partial charge is 0.242 e. The average molecular weight is 471 g/mol. The van der Waals surface area contributed by atoms with E-state index in [0.29, 0.717) is 11.3 Å². The summed E-state index contributed by atoms with van der Waals surface area (Å²) in [5.41, 5.74) is 2.62. The highest BCUT2D eigenvalue weighted by Crippen LogP contribution is 2.28.